The van der Waals surface area contributed by atoms with Gasteiger partial charge >= 0.3 is 0 Å². The van der Waals surface area contributed by atoms with Gasteiger partial charge < -0.3 is 5.32 Å². The van der Waals surface area contributed by atoms with Gasteiger partial charge in [0.25, 0.3) is 0 Å². The van der Waals surface area contributed by atoms with Crippen molar-refractivity contribution in [2.75, 3.05) is 13.6 Å². The van der Waals surface area contributed by atoms with Crippen molar-refractivity contribution in [3.63, 3.8) is 0 Å². The zero-order valence-corrected chi connectivity index (χ0v) is 15.2. The van der Waals surface area contributed by atoms with E-state index in [2.05, 4.69) is 27.3 Å². The third-order valence-corrected chi connectivity index (χ3v) is 5.14. The molecule has 1 aliphatic rings. The summed E-state index contributed by atoms with van der Waals surface area (Å²) < 4.78 is 1.05. The molecule has 1 aromatic rings. The molecule has 1 saturated carbocycles. The lowest BCUT2D eigenvalue weighted by atomic mass is 9.92. The first-order chi connectivity index (χ1) is 11.0. The normalized spacial score (nSPS) is 17.3. The van der Waals surface area contributed by atoms with Crippen LogP contribution in [0.2, 0.25) is 0 Å². The summed E-state index contributed by atoms with van der Waals surface area (Å²) in [5.41, 5.74) is 0.481. The molecular weight excluding hydrogens is 354 g/mol. The van der Waals surface area contributed by atoms with Gasteiger partial charge in [-0.25, -0.2) is 0 Å². The molecule has 23 heavy (non-hydrogen) atoms. The van der Waals surface area contributed by atoms with Gasteiger partial charge in [0.2, 0.25) is 5.91 Å². The van der Waals surface area contributed by atoms with Gasteiger partial charge in [-0.2, -0.15) is 5.26 Å². The topological polar surface area (TPSA) is 56.1 Å². The average Bonchev–Trinajstić information content (AvgIpc) is 2.75. The second kappa shape index (κ2) is 8.47. The van der Waals surface area contributed by atoms with Crippen LogP contribution in [0.5, 0.6) is 0 Å². The monoisotopic (exact) mass is 377 g/mol. The van der Waals surface area contributed by atoms with Crippen LogP contribution in [-0.4, -0.2) is 29.9 Å². The summed E-state index contributed by atoms with van der Waals surface area (Å²) in [6.07, 6.45) is 5.87. The molecule has 0 aliphatic heterocycles. The standard InChI is InChI=1S/C18H24BrN3O/c1-22(12-15-8-4-5-9-16(15)19)13-17(23)21-18(14-20)10-6-2-3-7-11-18/h4-5,8-9H,2-3,6-7,10-13H2,1H3,(H,21,23). The molecule has 2 rings (SSSR count). The van der Waals surface area contributed by atoms with E-state index in [1.165, 1.54) is 0 Å². The van der Waals surface area contributed by atoms with E-state index in [4.69, 9.17) is 0 Å². The largest absolute Gasteiger partial charge is 0.337 e. The number of carbonyl (C=O) groups excluding carboxylic acids is 1. The van der Waals surface area contributed by atoms with E-state index in [1.54, 1.807) is 0 Å². The molecule has 5 heteroatoms. The van der Waals surface area contributed by atoms with Crippen LogP contribution in [0.15, 0.2) is 28.7 Å². The molecule has 4 nitrogen and oxygen atoms in total. The number of amides is 1. The Morgan fingerprint density at radius 1 is 1.30 bits per heavy atom. The predicted molar refractivity (Wildman–Crippen MR) is 94.7 cm³/mol. The van der Waals surface area contributed by atoms with Crippen LogP contribution in [0.3, 0.4) is 0 Å². The molecule has 1 N–H and O–H groups in total. The van der Waals surface area contributed by atoms with E-state index in [9.17, 15) is 10.1 Å². The maximum Gasteiger partial charge on any atom is 0.235 e. The van der Waals surface area contributed by atoms with Gasteiger partial charge in [-0.1, -0.05) is 59.8 Å². The Bertz CT molecular complexity index is 574. The highest BCUT2D eigenvalue weighted by molar-refractivity contribution is 9.10. The van der Waals surface area contributed by atoms with Crippen LogP contribution in [0.4, 0.5) is 0 Å². The molecule has 0 bridgehead atoms. The van der Waals surface area contributed by atoms with Gasteiger partial charge in [0.1, 0.15) is 5.54 Å². The van der Waals surface area contributed by atoms with Gasteiger partial charge in [0.05, 0.1) is 12.6 Å². The summed E-state index contributed by atoms with van der Waals surface area (Å²) in [5.74, 6) is -0.0667. The average molecular weight is 378 g/mol. The number of rotatable bonds is 5. The Balaban J connectivity index is 1.90. The van der Waals surface area contributed by atoms with Crippen LogP contribution >= 0.6 is 15.9 Å². The first-order valence-corrected chi connectivity index (χ1v) is 8.98. The van der Waals surface area contributed by atoms with Crippen molar-refractivity contribution >= 4 is 21.8 Å². The number of nitriles is 1. The maximum absolute atomic E-state index is 12.4. The Morgan fingerprint density at radius 3 is 2.57 bits per heavy atom. The van der Waals surface area contributed by atoms with Crippen molar-refractivity contribution in [3.05, 3.63) is 34.3 Å². The lowest BCUT2D eigenvalue weighted by molar-refractivity contribution is -0.123. The number of nitrogens with zero attached hydrogens (tertiary/aromatic N) is 2. The number of hydrogen-bond acceptors (Lipinski definition) is 3. The van der Waals surface area contributed by atoms with Crippen molar-refractivity contribution in [2.45, 2.75) is 50.6 Å². The zero-order valence-electron chi connectivity index (χ0n) is 13.6. The molecule has 0 atom stereocenters. The Labute approximate surface area is 147 Å². The lowest BCUT2D eigenvalue weighted by Crippen LogP contribution is -2.50. The second-order valence-corrected chi connectivity index (χ2v) is 7.27. The second-order valence-electron chi connectivity index (χ2n) is 6.42. The van der Waals surface area contributed by atoms with E-state index in [0.717, 1.165) is 48.6 Å². The van der Waals surface area contributed by atoms with Gasteiger partial charge in [-0.05, 0) is 31.5 Å². The molecule has 1 fully saturated rings. The van der Waals surface area contributed by atoms with E-state index >= 15 is 0 Å². The van der Waals surface area contributed by atoms with E-state index in [0.29, 0.717) is 13.1 Å². The van der Waals surface area contributed by atoms with E-state index in [-0.39, 0.29) is 5.91 Å². The summed E-state index contributed by atoms with van der Waals surface area (Å²) in [6.45, 7) is 0.985. The number of benzene rings is 1. The third-order valence-electron chi connectivity index (χ3n) is 4.36. The smallest absolute Gasteiger partial charge is 0.235 e. The Hall–Kier alpha value is -1.38. The fraction of sp³-hybridized carbons (Fsp3) is 0.556. The molecule has 1 amide bonds. The fourth-order valence-electron chi connectivity index (χ4n) is 3.12. The molecule has 1 aliphatic carbocycles. The summed E-state index contributed by atoms with van der Waals surface area (Å²) in [5, 5.41) is 12.5. The quantitative estimate of drug-likeness (QED) is 0.797. The molecule has 0 spiro atoms. The molecule has 0 radical (unpaired) electrons. The number of halogens is 1. The van der Waals surface area contributed by atoms with Crippen LogP contribution in [0.25, 0.3) is 0 Å². The van der Waals surface area contributed by atoms with Gasteiger partial charge in [-0.15, -0.1) is 0 Å². The first-order valence-electron chi connectivity index (χ1n) is 8.19. The summed E-state index contributed by atoms with van der Waals surface area (Å²) in [6, 6.07) is 10.4. The highest BCUT2D eigenvalue weighted by Crippen LogP contribution is 2.26. The van der Waals surface area contributed by atoms with Gasteiger partial charge in [0, 0.05) is 11.0 Å². The molecule has 0 unspecified atom stereocenters. The van der Waals surface area contributed by atoms with Crippen LogP contribution < -0.4 is 5.32 Å². The number of hydrogen-bond donors (Lipinski definition) is 1. The Morgan fingerprint density at radius 2 is 1.96 bits per heavy atom. The summed E-state index contributed by atoms with van der Waals surface area (Å²) >= 11 is 3.53. The van der Waals surface area contributed by atoms with Crippen molar-refractivity contribution < 1.29 is 4.79 Å². The van der Waals surface area contributed by atoms with Crippen LogP contribution in [0, 0.1) is 11.3 Å². The number of likely N-dealkylation sites (N-methyl/N-ethyl adjacent to an activating group) is 1. The third kappa shape index (κ3) is 5.33. The molecule has 0 saturated heterocycles. The first kappa shape index (κ1) is 18.0. The van der Waals surface area contributed by atoms with Gasteiger partial charge in [-0.3, -0.25) is 9.69 Å². The minimum absolute atomic E-state index is 0.0667. The highest BCUT2D eigenvalue weighted by Gasteiger charge is 2.32. The number of carbonyl (C=O) groups is 1. The fourth-order valence-corrected chi connectivity index (χ4v) is 3.53. The highest BCUT2D eigenvalue weighted by atomic mass is 79.9. The van der Waals surface area contributed by atoms with Gasteiger partial charge in [0.15, 0.2) is 0 Å². The van der Waals surface area contributed by atoms with Crippen molar-refractivity contribution in [1.82, 2.24) is 10.2 Å². The van der Waals surface area contributed by atoms with Crippen molar-refractivity contribution in [1.29, 1.82) is 5.26 Å². The Kier molecular flexibility index (Phi) is 6.61. The van der Waals surface area contributed by atoms with Crippen molar-refractivity contribution in [3.8, 4) is 6.07 Å². The number of nitrogens with one attached hydrogen (secondary N) is 1. The lowest BCUT2D eigenvalue weighted by Gasteiger charge is -2.27. The van der Waals surface area contributed by atoms with Crippen LogP contribution in [0.1, 0.15) is 44.1 Å². The summed E-state index contributed by atoms with van der Waals surface area (Å²) in [4.78, 5) is 14.3. The molecule has 0 aromatic heterocycles. The molecule has 1 aromatic carbocycles. The van der Waals surface area contributed by atoms with E-state index < -0.39 is 5.54 Å². The summed E-state index contributed by atoms with van der Waals surface area (Å²) in [7, 11) is 1.92. The molecule has 124 valence electrons. The minimum Gasteiger partial charge on any atom is -0.337 e. The SMILES string of the molecule is CN(CC(=O)NC1(C#N)CCCCCC1)Cc1ccccc1Br. The van der Waals surface area contributed by atoms with Crippen LogP contribution in [-0.2, 0) is 11.3 Å². The molecular formula is C18H24BrN3O. The maximum atomic E-state index is 12.4. The molecule has 0 heterocycles. The van der Waals surface area contributed by atoms with Crippen molar-refractivity contribution in [2.24, 2.45) is 0 Å². The predicted octanol–water partition coefficient (Wildman–Crippen LogP) is 3.61. The van der Waals surface area contributed by atoms with E-state index in [1.807, 2.05) is 36.2 Å². The zero-order chi connectivity index (χ0) is 16.7. The minimum atomic E-state index is -0.665.